The molecular formula is C22H30N4O5S. The summed E-state index contributed by atoms with van der Waals surface area (Å²) < 4.78 is 33.7. The number of aryl methyl sites for hydroxylation is 2. The molecule has 0 radical (unpaired) electrons. The Morgan fingerprint density at radius 1 is 1.09 bits per heavy atom. The van der Waals surface area contributed by atoms with E-state index in [1.807, 2.05) is 13.0 Å². The summed E-state index contributed by atoms with van der Waals surface area (Å²) in [7, 11) is -3.99. The van der Waals surface area contributed by atoms with Crippen molar-refractivity contribution < 1.29 is 18.1 Å². The van der Waals surface area contributed by atoms with Gasteiger partial charge in [-0.2, -0.15) is 0 Å². The fraction of sp³-hybridized carbons (Fsp3) is 0.455. The quantitative estimate of drug-likeness (QED) is 0.456. The Morgan fingerprint density at radius 3 is 2.38 bits per heavy atom. The van der Waals surface area contributed by atoms with Crippen LogP contribution in [0.15, 0.2) is 41.3 Å². The van der Waals surface area contributed by atoms with E-state index in [1.54, 1.807) is 19.1 Å². The van der Waals surface area contributed by atoms with Crippen molar-refractivity contribution in [3.63, 3.8) is 0 Å². The van der Waals surface area contributed by atoms with Crippen LogP contribution in [0.1, 0.15) is 25.0 Å². The monoisotopic (exact) mass is 462 g/mol. The lowest BCUT2D eigenvalue weighted by Crippen LogP contribution is -2.53. The summed E-state index contributed by atoms with van der Waals surface area (Å²) in [6.07, 6.45) is 0. The Labute approximate surface area is 189 Å². The lowest BCUT2D eigenvalue weighted by molar-refractivity contribution is -0.384. The highest BCUT2D eigenvalue weighted by molar-refractivity contribution is 7.92. The first kappa shape index (κ1) is 24.0. The highest BCUT2D eigenvalue weighted by Crippen LogP contribution is 2.30. The average Bonchev–Trinajstić information content (AvgIpc) is 2.74. The van der Waals surface area contributed by atoms with Gasteiger partial charge in [0.2, 0.25) is 0 Å². The molecule has 0 atom stereocenters. The van der Waals surface area contributed by atoms with E-state index in [9.17, 15) is 18.5 Å². The van der Waals surface area contributed by atoms with Crippen molar-refractivity contribution in [3.05, 3.63) is 57.6 Å². The number of nitrogens with zero attached hydrogens (tertiary/aromatic N) is 2. The largest absolute Gasteiger partial charge is 0.379 e. The molecule has 174 valence electrons. The molecule has 1 saturated heterocycles. The zero-order valence-electron chi connectivity index (χ0n) is 18.8. The third-order valence-corrected chi connectivity index (χ3v) is 7.04. The highest BCUT2D eigenvalue weighted by atomic mass is 32.2. The molecule has 1 fully saturated rings. The SMILES string of the molecule is Cc1ccc(NS(=O)(=O)c2ccc(NCC(C)(C)N3CCOCC3)c([N+](=O)[O-])c2)c(C)c1. The number of ether oxygens (including phenoxy) is 1. The molecule has 32 heavy (non-hydrogen) atoms. The van der Waals surface area contributed by atoms with E-state index in [2.05, 4.69) is 28.8 Å². The minimum atomic E-state index is -3.99. The number of sulfonamides is 1. The summed E-state index contributed by atoms with van der Waals surface area (Å²) in [6, 6.07) is 9.27. The predicted octanol–water partition coefficient (Wildman–Crippen LogP) is 3.54. The standard InChI is InChI=1S/C22H30N4O5S/c1-16-5-7-19(17(2)13-16)24-32(29,30)18-6-8-20(21(14-18)26(27)28)23-15-22(3,4)25-9-11-31-12-10-25/h5-8,13-14,23-24H,9-12,15H2,1-4H3. The number of nitrogens with one attached hydrogen (secondary N) is 2. The van der Waals surface area contributed by atoms with Crippen LogP contribution >= 0.6 is 0 Å². The van der Waals surface area contributed by atoms with Crippen molar-refractivity contribution >= 4 is 27.1 Å². The first-order valence-corrected chi connectivity index (χ1v) is 11.9. The Bertz CT molecular complexity index is 1100. The molecule has 3 rings (SSSR count). The first-order valence-electron chi connectivity index (χ1n) is 10.4. The van der Waals surface area contributed by atoms with E-state index in [-0.39, 0.29) is 21.8 Å². The van der Waals surface area contributed by atoms with Gasteiger partial charge in [-0.3, -0.25) is 19.7 Å². The van der Waals surface area contributed by atoms with Gasteiger partial charge in [0.1, 0.15) is 5.69 Å². The number of morpholine rings is 1. The van der Waals surface area contributed by atoms with Gasteiger partial charge in [0.15, 0.2) is 0 Å². The number of hydrogen-bond acceptors (Lipinski definition) is 7. The van der Waals surface area contributed by atoms with Gasteiger partial charge in [-0.25, -0.2) is 8.42 Å². The second-order valence-electron chi connectivity index (χ2n) is 8.63. The fourth-order valence-corrected chi connectivity index (χ4v) is 4.85. The zero-order valence-corrected chi connectivity index (χ0v) is 19.7. The number of anilines is 2. The van der Waals surface area contributed by atoms with Gasteiger partial charge in [0, 0.05) is 31.2 Å². The molecule has 1 heterocycles. The molecule has 0 bridgehead atoms. The van der Waals surface area contributed by atoms with Gasteiger partial charge in [-0.1, -0.05) is 17.7 Å². The lowest BCUT2D eigenvalue weighted by atomic mass is 10.0. The highest BCUT2D eigenvalue weighted by Gasteiger charge is 2.29. The Morgan fingerprint density at radius 2 is 1.75 bits per heavy atom. The Kier molecular flexibility index (Phi) is 7.06. The van der Waals surface area contributed by atoms with Crippen LogP contribution in [-0.2, 0) is 14.8 Å². The maximum absolute atomic E-state index is 12.9. The summed E-state index contributed by atoms with van der Waals surface area (Å²) in [5.74, 6) is 0. The normalized spacial score (nSPS) is 15.4. The van der Waals surface area contributed by atoms with Crippen molar-refractivity contribution in [3.8, 4) is 0 Å². The number of benzene rings is 2. The van der Waals surface area contributed by atoms with Crippen molar-refractivity contribution in [2.45, 2.75) is 38.1 Å². The van der Waals surface area contributed by atoms with Gasteiger partial charge in [-0.05, 0) is 51.5 Å². The van der Waals surface area contributed by atoms with Crippen LogP contribution in [0.4, 0.5) is 17.1 Å². The summed E-state index contributed by atoms with van der Waals surface area (Å²) in [5.41, 5.74) is 1.96. The van der Waals surface area contributed by atoms with Crippen molar-refractivity contribution in [2.75, 3.05) is 42.9 Å². The average molecular weight is 463 g/mol. The molecule has 0 spiro atoms. The number of rotatable bonds is 8. The molecule has 10 heteroatoms. The van der Waals surface area contributed by atoms with E-state index in [0.717, 1.165) is 30.3 Å². The molecule has 0 aromatic heterocycles. The number of nitro benzene ring substituents is 1. The molecule has 1 aliphatic heterocycles. The van der Waals surface area contributed by atoms with Gasteiger partial charge in [0.05, 0.1) is 28.7 Å². The second-order valence-corrected chi connectivity index (χ2v) is 10.3. The molecule has 0 unspecified atom stereocenters. The minimum Gasteiger partial charge on any atom is -0.379 e. The fourth-order valence-electron chi connectivity index (χ4n) is 3.70. The van der Waals surface area contributed by atoms with Crippen LogP contribution in [0.3, 0.4) is 0 Å². The molecule has 0 saturated carbocycles. The molecule has 2 N–H and O–H groups in total. The van der Waals surface area contributed by atoms with Gasteiger partial charge >= 0.3 is 0 Å². The van der Waals surface area contributed by atoms with Crippen LogP contribution in [0.25, 0.3) is 0 Å². The maximum atomic E-state index is 12.9. The third-order valence-electron chi connectivity index (χ3n) is 5.68. The zero-order chi connectivity index (χ0) is 23.5. The van der Waals surface area contributed by atoms with Gasteiger partial charge in [0.25, 0.3) is 15.7 Å². The molecular weight excluding hydrogens is 432 g/mol. The summed E-state index contributed by atoms with van der Waals surface area (Å²) in [4.78, 5) is 13.2. The third kappa shape index (κ3) is 5.56. The summed E-state index contributed by atoms with van der Waals surface area (Å²) in [5, 5.41) is 14.8. The smallest absolute Gasteiger partial charge is 0.293 e. The van der Waals surface area contributed by atoms with E-state index in [4.69, 9.17) is 4.74 Å². The van der Waals surface area contributed by atoms with E-state index < -0.39 is 14.9 Å². The van der Waals surface area contributed by atoms with Crippen LogP contribution in [-0.4, -0.2) is 56.6 Å². The maximum Gasteiger partial charge on any atom is 0.293 e. The molecule has 9 nitrogen and oxygen atoms in total. The van der Waals surface area contributed by atoms with Crippen LogP contribution in [0.5, 0.6) is 0 Å². The predicted molar refractivity (Wildman–Crippen MR) is 125 cm³/mol. The lowest BCUT2D eigenvalue weighted by Gasteiger charge is -2.41. The van der Waals surface area contributed by atoms with Gasteiger partial charge in [-0.15, -0.1) is 0 Å². The molecule has 2 aromatic rings. The van der Waals surface area contributed by atoms with Crippen LogP contribution in [0, 0.1) is 24.0 Å². The topological polar surface area (TPSA) is 114 Å². The van der Waals surface area contributed by atoms with Crippen LogP contribution in [0.2, 0.25) is 0 Å². The van der Waals surface area contributed by atoms with Crippen LogP contribution < -0.4 is 10.0 Å². The van der Waals surface area contributed by atoms with Gasteiger partial charge < -0.3 is 10.1 Å². The summed E-state index contributed by atoms with van der Waals surface area (Å²) in [6.45, 7) is 11.2. The van der Waals surface area contributed by atoms with Crippen molar-refractivity contribution in [1.82, 2.24) is 4.90 Å². The van der Waals surface area contributed by atoms with E-state index in [0.29, 0.717) is 25.4 Å². The Hall–Kier alpha value is -2.69. The van der Waals surface area contributed by atoms with Crippen molar-refractivity contribution in [2.24, 2.45) is 0 Å². The number of hydrogen-bond donors (Lipinski definition) is 2. The summed E-state index contributed by atoms with van der Waals surface area (Å²) >= 11 is 0. The molecule has 0 aliphatic carbocycles. The minimum absolute atomic E-state index is 0.165. The molecule has 1 aliphatic rings. The molecule has 2 aromatic carbocycles. The first-order chi connectivity index (χ1) is 15.0. The van der Waals surface area contributed by atoms with Crippen molar-refractivity contribution in [1.29, 1.82) is 0 Å². The van der Waals surface area contributed by atoms with E-state index >= 15 is 0 Å². The number of nitro groups is 1. The Balaban J connectivity index is 1.81. The molecule has 0 amide bonds. The second kappa shape index (κ2) is 9.43. The van der Waals surface area contributed by atoms with E-state index in [1.165, 1.54) is 12.1 Å².